The number of anilines is 3. The van der Waals surface area contributed by atoms with Crippen LogP contribution in [0.5, 0.6) is 0 Å². The summed E-state index contributed by atoms with van der Waals surface area (Å²) in [7, 11) is 0. The summed E-state index contributed by atoms with van der Waals surface area (Å²) in [4.78, 5) is 23.7. The van der Waals surface area contributed by atoms with Gasteiger partial charge in [-0.2, -0.15) is 0 Å². The topological polar surface area (TPSA) is 69.6 Å². The van der Waals surface area contributed by atoms with Crippen molar-refractivity contribution < 1.29 is 0 Å². The maximum Gasteiger partial charge on any atom is 0.235 e. The van der Waals surface area contributed by atoms with Crippen LogP contribution in [-0.4, -0.2) is 33.6 Å². The van der Waals surface area contributed by atoms with Crippen molar-refractivity contribution in [2.24, 2.45) is 0 Å². The number of para-hydroxylation sites is 4. The molecule has 0 aliphatic heterocycles. The Kier molecular flexibility index (Phi) is 18.5. The SMILES string of the molecule is c1ccc(-c2ccc(N(c3ccccc3)c3ccc(-n4c(-c5ccccc5)c5c6c(cccc64)-c4cccc6sc7cccc-5c7c46)cc3)cc2)cc1.c1ccc(-c2nc(-n3c(-c4ccccc4)c4c5c(cccc53)-c3cccc5sc6cccc-4c6c35)nc3ccccc23)cc1.c1ccc(-c2nc3ccccc3nc2-n2c(-c3ccccc3)c3c4c(cccc42)-c2cccc4sc5cccc-3c5c24)cc1. The summed E-state index contributed by atoms with van der Waals surface area (Å²) in [6.07, 6.45) is 0. The molecule has 20 aromatic carbocycles. The highest BCUT2D eigenvalue weighted by atomic mass is 32.1. The second kappa shape index (κ2) is 32.4. The zero-order chi connectivity index (χ0) is 92.4. The van der Waals surface area contributed by atoms with Crippen LogP contribution in [0.2, 0.25) is 0 Å². The fourth-order valence-corrected chi connectivity index (χ4v) is 26.3. The molecule has 0 saturated heterocycles. The summed E-state index contributed by atoms with van der Waals surface area (Å²) in [5, 5.41) is 13.0. The van der Waals surface area contributed by atoms with Gasteiger partial charge < -0.3 is 9.47 Å². The number of hydrogen-bond donors (Lipinski definition) is 0. The first-order valence-electron chi connectivity index (χ1n) is 47.8. The Morgan fingerprint density at radius 3 is 0.915 bits per heavy atom. The maximum absolute atomic E-state index is 5.40. The zero-order valence-electron chi connectivity index (χ0n) is 75.8. The van der Waals surface area contributed by atoms with E-state index in [2.05, 4.69) is 461 Å². The number of benzene rings is 20. The van der Waals surface area contributed by atoms with Gasteiger partial charge in [-0.3, -0.25) is 9.13 Å². The summed E-state index contributed by atoms with van der Waals surface area (Å²) in [6.45, 7) is 0. The van der Waals surface area contributed by atoms with E-state index >= 15 is 0 Å². The van der Waals surface area contributed by atoms with E-state index in [9.17, 15) is 0 Å². The minimum absolute atomic E-state index is 0.673. The van der Waals surface area contributed by atoms with Crippen LogP contribution in [0.1, 0.15) is 0 Å². The lowest BCUT2D eigenvalue weighted by Gasteiger charge is -2.26. The molecule has 0 spiro atoms. The van der Waals surface area contributed by atoms with Gasteiger partial charge in [-0.1, -0.05) is 352 Å². The number of thiophene rings is 3. The van der Waals surface area contributed by atoms with Gasteiger partial charge in [0.05, 0.1) is 55.9 Å². The van der Waals surface area contributed by atoms with E-state index in [-0.39, 0.29) is 0 Å². The lowest BCUT2D eigenvalue weighted by atomic mass is 9.95. The van der Waals surface area contributed by atoms with E-state index in [1.165, 1.54) is 171 Å². The fraction of sp³-hybridized carbons (Fsp3) is 0. The molecule has 0 atom stereocenters. The third-order valence-electron chi connectivity index (χ3n) is 28.6. The summed E-state index contributed by atoms with van der Waals surface area (Å²) >= 11 is 5.65. The molecule has 0 saturated carbocycles. The van der Waals surface area contributed by atoms with Crippen molar-refractivity contribution in [3.63, 3.8) is 0 Å². The molecule has 28 aromatic rings. The van der Waals surface area contributed by atoms with Gasteiger partial charge in [0.1, 0.15) is 5.69 Å². The molecule has 3 aliphatic rings. The molecule has 141 heavy (non-hydrogen) atoms. The number of aromatic nitrogens is 7. The largest absolute Gasteiger partial charge is 0.311 e. The Labute approximate surface area is 823 Å². The molecule has 3 aliphatic carbocycles. The Morgan fingerprint density at radius 1 is 0.184 bits per heavy atom. The van der Waals surface area contributed by atoms with Gasteiger partial charge in [0.25, 0.3) is 0 Å². The Hall–Kier alpha value is -17.8. The van der Waals surface area contributed by atoms with Crippen molar-refractivity contribution in [3.8, 4) is 152 Å². The average molecular weight is 1850 g/mol. The smallest absolute Gasteiger partial charge is 0.235 e. The van der Waals surface area contributed by atoms with Crippen LogP contribution < -0.4 is 4.90 Å². The van der Waals surface area contributed by atoms with Crippen molar-refractivity contribution in [2.45, 2.75) is 0 Å². The van der Waals surface area contributed by atoms with E-state index in [1.807, 2.05) is 64.3 Å². The van der Waals surface area contributed by atoms with Crippen molar-refractivity contribution in [2.75, 3.05) is 4.90 Å². The Morgan fingerprint density at radius 2 is 0.482 bits per heavy atom. The summed E-state index contributed by atoms with van der Waals surface area (Å²) in [5.41, 5.74) is 39.2. The predicted octanol–water partition coefficient (Wildman–Crippen LogP) is 36.3. The van der Waals surface area contributed by atoms with Crippen molar-refractivity contribution in [1.82, 2.24) is 33.6 Å². The van der Waals surface area contributed by atoms with Gasteiger partial charge in [-0.15, -0.1) is 34.0 Å². The second-order valence-corrected chi connectivity index (χ2v) is 39.6. The molecule has 8 heterocycles. The minimum Gasteiger partial charge on any atom is -0.311 e. The average Bonchev–Trinajstić information content (AvgIpc) is 1.54. The molecule has 656 valence electrons. The van der Waals surface area contributed by atoms with Gasteiger partial charge in [0, 0.05) is 133 Å². The van der Waals surface area contributed by atoms with Crippen molar-refractivity contribution in [1.29, 1.82) is 0 Å². The van der Waals surface area contributed by atoms with Crippen LogP contribution in [0.4, 0.5) is 17.1 Å². The number of hydrogen-bond acceptors (Lipinski definition) is 8. The van der Waals surface area contributed by atoms with Crippen LogP contribution in [0.15, 0.2) is 473 Å². The maximum atomic E-state index is 5.40. The normalized spacial score (nSPS) is 12.0. The quantitative estimate of drug-likeness (QED) is 0.122. The third kappa shape index (κ3) is 12.6. The molecule has 0 bridgehead atoms. The Balaban J connectivity index is 0.000000102. The molecular formula is C130H78N8S3. The lowest BCUT2D eigenvalue weighted by Crippen LogP contribution is -2.10. The first-order valence-corrected chi connectivity index (χ1v) is 50.3. The van der Waals surface area contributed by atoms with E-state index in [0.29, 0.717) is 5.95 Å². The molecule has 0 radical (unpaired) electrons. The summed E-state index contributed by atoms with van der Waals surface area (Å²) in [6, 6.07) is 170. The molecule has 11 heteroatoms. The highest BCUT2D eigenvalue weighted by molar-refractivity contribution is 7.27. The van der Waals surface area contributed by atoms with E-state index in [1.54, 1.807) is 0 Å². The first-order chi connectivity index (χ1) is 70.0. The third-order valence-corrected chi connectivity index (χ3v) is 32.0. The van der Waals surface area contributed by atoms with Gasteiger partial charge >= 0.3 is 0 Å². The van der Waals surface area contributed by atoms with Crippen molar-refractivity contribution >= 4 is 166 Å². The van der Waals surface area contributed by atoms with Gasteiger partial charge in [0.15, 0.2) is 5.82 Å². The van der Waals surface area contributed by atoms with Gasteiger partial charge in [-0.05, 0) is 199 Å². The molecular weight excluding hydrogens is 1770 g/mol. The molecule has 0 fully saturated rings. The minimum atomic E-state index is 0.673. The van der Waals surface area contributed by atoms with E-state index < -0.39 is 0 Å². The molecule has 0 N–H and O–H groups in total. The summed E-state index contributed by atoms with van der Waals surface area (Å²) in [5.74, 6) is 1.50. The van der Waals surface area contributed by atoms with Crippen LogP contribution >= 0.6 is 34.0 Å². The molecule has 8 aromatic heterocycles. The fourth-order valence-electron chi connectivity index (χ4n) is 22.8. The number of rotatable bonds is 12. The van der Waals surface area contributed by atoms with E-state index in [4.69, 9.17) is 19.9 Å². The van der Waals surface area contributed by atoms with Crippen LogP contribution in [0.3, 0.4) is 0 Å². The van der Waals surface area contributed by atoms with Crippen molar-refractivity contribution in [3.05, 3.63) is 473 Å². The molecule has 0 unspecified atom stereocenters. The highest BCUT2D eigenvalue weighted by Gasteiger charge is 2.36. The first kappa shape index (κ1) is 80.4. The van der Waals surface area contributed by atoms with Gasteiger partial charge in [0.2, 0.25) is 5.95 Å². The monoisotopic (exact) mass is 1850 g/mol. The van der Waals surface area contributed by atoms with E-state index in [0.717, 1.165) is 107 Å². The molecule has 31 rings (SSSR count). The van der Waals surface area contributed by atoms with Crippen LogP contribution in [-0.2, 0) is 0 Å². The van der Waals surface area contributed by atoms with Gasteiger partial charge in [-0.25, -0.2) is 19.9 Å². The lowest BCUT2D eigenvalue weighted by molar-refractivity contribution is 0.991. The highest BCUT2D eigenvalue weighted by Crippen LogP contribution is 2.60. The Bertz CT molecular complexity index is 9960. The predicted molar refractivity (Wildman–Crippen MR) is 595 cm³/mol. The zero-order valence-corrected chi connectivity index (χ0v) is 78.3. The molecule has 0 amide bonds. The molecule has 8 nitrogen and oxygen atoms in total. The van der Waals surface area contributed by atoms with Crippen LogP contribution in [0, 0.1) is 0 Å². The summed E-state index contributed by atoms with van der Waals surface area (Å²) < 4.78 is 15.1. The van der Waals surface area contributed by atoms with Crippen LogP contribution in [0.25, 0.3) is 267 Å². The second-order valence-electron chi connectivity index (χ2n) is 36.4. The number of fused-ring (bicyclic) bond motifs is 8. The number of nitrogens with zero attached hydrogens (tertiary/aromatic N) is 8. The standard InChI is InChI=1S/C50H32N2S.2C40H23N3S/c1-4-13-33(14-5-1)34-25-27-37(28-26-34)51(36-17-8-3-9-18-36)38-29-31-39(32-30-38)52-43-22-10-19-40-41-20-11-23-44-47(41)48-42(21-12-24-45(48)53-44)49(46(40)43)50(52)35-15-6-2-7-16-35;1-3-12-24(13-4-1)38-40(42-30-20-8-7-19-29(30)41-38)43-31-21-9-16-26-27-17-10-22-32-35(27)36-28(18-11-23-33(36)44-32)37(34(26)31)39(43)25-14-5-2-6-15-25;1-3-12-24(13-4-1)38-28-16-7-8-20-30(28)41-40(42-38)43-31-21-9-17-26-27-18-10-22-32-35(27)36-29(19-11-23-33(36)44-32)37(34(26)31)39(43)25-14-5-2-6-15-25/h1-32H;2*1-23H.